The second-order valence-electron chi connectivity index (χ2n) is 5.65. The summed E-state index contributed by atoms with van der Waals surface area (Å²) in [7, 11) is 2.03. The Morgan fingerprint density at radius 1 is 1.45 bits per heavy atom. The van der Waals surface area contributed by atoms with E-state index in [1.54, 1.807) is 6.07 Å². The predicted octanol–water partition coefficient (Wildman–Crippen LogP) is 2.41. The quantitative estimate of drug-likeness (QED) is 0.830. The van der Waals surface area contributed by atoms with Gasteiger partial charge in [-0.3, -0.25) is 4.90 Å². The first-order chi connectivity index (χ1) is 9.66. The van der Waals surface area contributed by atoms with Gasteiger partial charge in [0, 0.05) is 37.8 Å². The molecule has 2 atom stereocenters. The first-order valence-corrected chi connectivity index (χ1v) is 7.43. The van der Waals surface area contributed by atoms with Crippen LogP contribution in [0.1, 0.15) is 25.3 Å². The summed E-state index contributed by atoms with van der Waals surface area (Å²) < 4.78 is 19.2. The number of rotatable bonds is 7. The van der Waals surface area contributed by atoms with E-state index in [9.17, 15) is 4.39 Å². The lowest BCUT2D eigenvalue weighted by molar-refractivity contribution is 0.108. The number of benzene rings is 1. The van der Waals surface area contributed by atoms with E-state index < -0.39 is 0 Å². The van der Waals surface area contributed by atoms with Crippen LogP contribution in [-0.4, -0.2) is 43.8 Å². The number of nitrogens with zero attached hydrogens (tertiary/aromatic N) is 1. The Morgan fingerprint density at radius 3 is 2.95 bits per heavy atom. The average Bonchev–Trinajstić information content (AvgIpc) is 2.94. The lowest BCUT2D eigenvalue weighted by Crippen LogP contribution is -2.40. The van der Waals surface area contributed by atoms with Crippen LogP contribution < -0.4 is 5.32 Å². The summed E-state index contributed by atoms with van der Waals surface area (Å²) in [5.74, 6) is -0.126. The Hall–Kier alpha value is -0.970. The van der Waals surface area contributed by atoms with E-state index in [1.807, 2.05) is 19.2 Å². The van der Waals surface area contributed by atoms with Gasteiger partial charge in [0.15, 0.2) is 0 Å². The molecule has 1 saturated heterocycles. The van der Waals surface area contributed by atoms with Gasteiger partial charge in [-0.15, -0.1) is 0 Å². The Morgan fingerprint density at radius 2 is 2.25 bits per heavy atom. The van der Waals surface area contributed by atoms with Crippen LogP contribution in [-0.2, 0) is 11.3 Å². The van der Waals surface area contributed by atoms with Crippen molar-refractivity contribution in [1.29, 1.82) is 0 Å². The van der Waals surface area contributed by atoms with Gasteiger partial charge < -0.3 is 10.1 Å². The third-order valence-electron chi connectivity index (χ3n) is 3.97. The highest BCUT2D eigenvalue weighted by molar-refractivity contribution is 5.17. The largest absolute Gasteiger partial charge is 0.377 e. The molecule has 0 radical (unpaired) electrons. The summed E-state index contributed by atoms with van der Waals surface area (Å²) in [5, 5.41) is 3.45. The second kappa shape index (κ2) is 7.72. The van der Waals surface area contributed by atoms with Gasteiger partial charge in [-0.05, 0) is 32.9 Å². The van der Waals surface area contributed by atoms with Crippen molar-refractivity contribution in [2.45, 2.75) is 38.5 Å². The van der Waals surface area contributed by atoms with E-state index in [0.29, 0.717) is 18.7 Å². The molecule has 1 aromatic rings. The summed E-state index contributed by atoms with van der Waals surface area (Å²) >= 11 is 0. The molecule has 1 aliphatic heterocycles. The van der Waals surface area contributed by atoms with Crippen molar-refractivity contribution in [1.82, 2.24) is 10.2 Å². The van der Waals surface area contributed by atoms with Crippen LogP contribution in [0, 0.1) is 5.82 Å². The number of halogens is 1. The van der Waals surface area contributed by atoms with Gasteiger partial charge in [0.25, 0.3) is 0 Å². The van der Waals surface area contributed by atoms with E-state index in [4.69, 9.17) is 4.74 Å². The minimum absolute atomic E-state index is 0.126. The fraction of sp³-hybridized carbons (Fsp3) is 0.625. The smallest absolute Gasteiger partial charge is 0.127 e. The molecule has 1 N–H and O–H groups in total. The lowest BCUT2D eigenvalue weighted by Gasteiger charge is -2.25. The van der Waals surface area contributed by atoms with E-state index in [0.717, 1.165) is 31.7 Å². The van der Waals surface area contributed by atoms with Crippen molar-refractivity contribution < 1.29 is 9.13 Å². The molecule has 2 rings (SSSR count). The van der Waals surface area contributed by atoms with Gasteiger partial charge in [-0.25, -0.2) is 4.39 Å². The van der Waals surface area contributed by atoms with Crippen molar-refractivity contribution in [3.05, 3.63) is 35.6 Å². The van der Waals surface area contributed by atoms with Crippen molar-refractivity contribution in [3.63, 3.8) is 0 Å². The highest BCUT2D eigenvalue weighted by atomic mass is 19.1. The molecule has 3 nitrogen and oxygen atoms in total. The zero-order valence-corrected chi connectivity index (χ0v) is 12.4. The number of hydrogen-bond acceptors (Lipinski definition) is 3. The van der Waals surface area contributed by atoms with Crippen LogP contribution in [0.4, 0.5) is 4.39 Å². The van der Waals surface area contributed by atoms with Crippen LogP contribution in [0.15, 0.2) is 24.3 Å². The SMILES string of the molecule is CC(CNCC1CCCO1)N(C)Cc1ccccc1F. The summed E-state index contributed by atoms with van der Waals surface area (Å²) in [4.78, 5) is 2.17. The van der Waals surface area contributed by atoms with E-state index in [-0.39, 0.29) is 5.82 Å². The molecule has 1 aromatic carbocycles. The maximum absolute atomic E-state index is 13.6. The van der Waals surface area contributed by atoms with Gasteiger partial charge in [0.2, 0.25) is 0 Å². The number of ether oxygens (including phenoxy) is 1. The van der Waals surface area contributed by atoms with E-state index in [1.165, 1.54) is 12.5 Å². The molecule has 0 bridgehead atoms. The third-order valence-corrected chi connectivity index (χ3v) is 3.97. The molecule has 0 amide bonds. The minimum atomic E-state index is -0.126. The summed E-state index contributed by atoms with van der Waals surface area (Å²) in [6.45, 7) is 5.50. The third kappa shape index (κ3) is 4.54. The molecule has 4 heteroatoms. The Kier molecular flexibility index (Phi) is 5.95. The lowest BCUT2D eigenvalue weighted by atomic mass is 10.1. The fourth-order valence-electron chi connectivity index (χ4n) is 2.47. The number of likely N-dealkylation sites (N-methyl/N-ethyl adjacent to an activating group) is 1. The number of hydrogen-bond donors (Lipinski definition) is 1. The van der Waals surface area contributed by atoms with Crippen LogP contribution in [0.25, 0.3) is 0 Å². The molecule has 20 heavy (non-hydrogen) atoms. The van der Waals surface area contributed by atoms with Crippen molar-refractivity contribution in [2.75, 3.05) is 26.7 Å². The Balaban J connectivity index is 1.71. The standard InChI is InChI=1S/C16H25FN2O/c1-13(10-18-11-15-7-5-9-20-15)19(2)12-14-6-3-4-8-16(14)17/h3-4,6,8,13,15,18H,5,7,9-12H2,1-2H3. The first-order valence-electron chi connectivity index (χ1n) is 7.43. The molecular weight excluding hydrogens is 255 g/mol. The maximum atomic E-state index is 13.6. The molecule has 1 fully saturated rings. The minimum Gasteiger partial charge on any atom is -0.377 e. The van der Waals surface area contributed by atoms with Crippen LogP contribution in [0.3, 0.4) is 0 Å². The van der Waals surface area contributed by atoms with Crippen LogP contribution in [0.5, 0.6) is 0 Å². The van der Waals surface area contributed by atoms with E-state index >= 15 is 0 Å². The molecule has 0 saturated carbocycles. The summed E-state index contributed by atoms with van der Waals surface area (Å²) in [6, 6.07) is 7.33. The van der Waals surface area contributed by atoms with Gasteiger partial charge >= 0.3 is 0 Å². The monoisotopic (exact) mass is 280 g/mol. The Bertz CT molecular complexity index is 407. The molecule has 2 unspecified atom stereocenters. The Labute approximate surface area is 121 Å². The normalized spacial score (nSPS) is 20.5. The molecule has 1 heterocycles. The molecule has 0 aromatic heterocycles. The highest BCUT2D eigenvalue weighted by Gasteiger charge is 2.16. The second-order valence-corrected chi connectivity index (χ2v) is 5.65. The summed E-state index contributed by atoms with van der Waals surface area (Å²) in [5.41, 5.74) is 0.751. The summed E-state index contributed by atoms with van der Waals surface area (Å²) in [6.07, 6.45) is 2.71. The van der Waals surface area contributed by atoms with Crippen molar-refractivity contribution in [2.24, 2.45) is 0 Å². The van der Waals surface area contributed by atoms with Crippen LogP contribution >= 0.6 is 0 Å². The highest BCUT2D eigenvalue weighted by Crippen LogP contribution is 2.12. The first kappa shape index (κ1) is 15.4. The molecular formula is C16H25FN2O. The van der Waals surface area contributed by atoms with Gasteiger partial charge in [0.05, 0.1) is 6.10 Å². The van der Waals surface area contributed by atoms with Crippen LogP contribution in [0.2, 0.25) is 0 Å². The fourth-order valence-corrected chi connectivity index (χ4v) is 2.47. The van der Waals surface area contributed by atoms with Gasteiger partial charge in [0.1, 0.15) is 5.82 Å². The maximum Gasteiger partial charge on any atom is 0.127 e. The zero-order valence-electron chi connectivity index (χ0n) is 12.4. The predicted molar refractivity (Wildman–Crippen MR) is 79.2 cm³/mol. The zero-order chi connectivity index (χ0) is 14.4. The topological polar surface area (TPSA) is 24.5 Å². The molecule has 0 spiro atoms. The molecule has 1 aliphatic rings. The van der Waals surface area contributed by atoms with Crippen molar-refractivity contribution >= 4 is 0 Å². The average molecular weight is 280 g/mol. The van der Waals surface area contributed by atoms with Crippen molar-refractivity contribution in [3.8, 4) is 0 Å². The van der Waals surface area contributed by atoms with Gasteiger partial charge in [-0.2, -0.15) is 0 Å². The van der Waals surface area contributed by atoms with Gasteiger partial charge in [-0.1, -0.05) is 18.2 Å². The number of nitrogens with one attached hydrogen (secondary N) is 1. The molecule has 0 aliphatic carbocycles. The van der Waals surface area contributed by atoms with E-state index in [2.05, 4.69) is 17.1 Å². The molecule has 112 valence electrons.